The fourth-order valence-electron chi connectivity index (χ4n) is 2.16. The Bertz CT molecular complexity index is 703. The Morgan fingerprint density at radius 2 is 1.58 bits per heavy atom. The van der Waals surface area contributed by atoms with Crippen LogP contribution in [0, 0.1) is 0 Å². The van der Waals surface area contributed by atoms with Crippen LogP contribution in [0.2, 0.25) is 0 Å². The third kappa shape index (κ3) is 4.43. The Morgan fingerprint density at radius 3 is 2.17 bits per heavy atom. The molecule has 1 nitrogen and oxygen atoms in total. The maximum Gasteiger partial charge on any atom is 0.416 e. The zero-order valence-corrected chi connectivity index (χ0v) is 12.6. The molecular weight excluding hydrogens is 334 g/mol. The summed E-state index contributed by atoms with van der Waals surface area (Å²) in [4.78, 5) is 0. The van der Waals surface area contributed by atoms with Crippen LogP contribution < -0.4 is 4.74 Å². The topological polar surface area (TPSA) is 9.23 Å². The summed E-state index contributed by atoms with van der Waals surface area (Å²) in [5, 5.41) is 0. The molecule has 0 bridgehead atoms. The predicted molar refractivity (Wildman–Crippen MR) is 76.6 cm³/mol. The Labute approximate surface area is 134 Å². The molecule has 0 heterocycles. The van der Waals surface area contributed by atoms with Gasteiger partial charge < -0.3 is 4.74 Å². The lowest BCUT2D eigenvalue weighted by molar-refractivity contribution is -0.143. The summed E-state index contributed by atoms with van der Waals surface area (Å²) in [5.74, 6) is 0.363. The summed E-state index contributed by atoms with van der Waals surface area (Å²) in [6.07, 6.45) is -9.01. The van der Waals surface area contributed by atoms with Crippen LogP contribution in [0.3, 0.4) is 0 Å². The molecule has 0 saturated carbocycles. The van der Waals surface area contributed by atoms with E-state index in [1.54, 1.807) is 18.2 Å². The molecule has 24 heavy (non-hydrogen) atoms. The van der Waals surface area contributed by atoms with Crippen LogP contribution in [-0.2, 0) is 25.4 Å². The highest BCUT2D eigenvalue weighted by Gasteiger charge is 2.38. The lowest BCUT2D eigenvalue weighted by Gasteiger charge is -2.16. The molecule has 0 aliphatic carbocycles. The van der Waals surface area contributed by atoms with Crippen molar-refractivity contribution in [3.8, 4) is 5.75 Å². The lowest BCUT2D eigenvalue weighted by atomic mass is 10.0. The van der Waals surface area contributed by atoms with E-state index in [4.69, 9.17) is 4.74 Å². The molecule has 2 aromatic carbocycles. The van der Waals surface area contributed by atoms with E-state index in [1.165, 1.54) is 0 Å². The molecule has 7 heteroatoms. The van der Waals surface area contributed by atoms with Crippen LogP contribution in [0.15, 0.2) is 42.5 Å². The number of hydrogen-bond acceptors (Lipinski definition) is 1. The normalized spacial score (nSPS) is 12.3. The highest BCUT2D eigenvalue weighted by Crippen LogP contribution is 2.37. The van der Waals surface area contributed by atoms with Gasteiger partial charge in [0.05, 0.1) is 11.1 Å². The summed E-state index contributed by atoms with van der Waals surface area (Å²) in [6.45, 7) is 1.44. The van der Waals surface area contributed by atoms with Gasteiger partial charge in [0.2, 0.25) is 0 Å². The highest BCUT2D eigenvalue weighted by molar-refractivity contribution is 5.36. The molecule has 0 aliphatic heterocycles. The standard InChI is InChI=1S/C17H14F6O/c1-2-11-4-3-5-14(8-11)24-10-12-6-7-13(16(18,19)20)9-15(12)17(21,22)23/h3-9H,2,10H2,1H3. The first-order valence-electron chi connectivity index (χ1n) is 7.10. The quantitative estimate of drug-likeness (QED) is 0.628. The van der Waals surface area contributed by atoms with Gasteiger partial charge in [-0.05, 0) is 36.2 Å². The van der Waals surface area contributed by atoms with Gasteiger partial charge in [0.1, 0.15) is 12.4 Å². The minimum atomic E-state index is -4.90. The molecular formula is C17H14F6O. The molecule has 130 valence electrons. The molecule has 2 rings (SSSR count). The number of hydrogen-bond donors (Lipinski definition) is 0. The smallest absolute Gasteiger partial charge is 0.416 e. The second kappa shape index (κ2) is 6.75. The average Bonchev–Trinajstić information content (AvgIpc) is 2.51. The van der Waals surface area contributed by atoms with Crippen molar-refractivity contribution in [2.24, 2.45) is 0 Å². The van der Waals surface area contributed by atoms with Gasteiger partial charge in [0.25, 0.3) is 0 Å². The number of halogens is 6. The first kappa shape index (κ1) is 18.2. The van der Waals surface area contributed by atoms with Crippen molar-refractivity contribution in [1.29, 1.82) is 0 Å². The maximum atomic E-state index is 13.0. The maximum absolute atomic E-state index is 13.0. The number of benzene rings is 2. The van der Waals surface area contributed by atoms with Crippen LogP contribution in [-0.4, -0.2) is 0 Å². The molecule has 0 N–H and O–H groups in total. The molecule has 0 aliphatic rings. The van der Waals surface area contributed by atoms with E-state index in [9.17, 15) is 26.3 Å². The first-order valence-corrected chi connectivity index (χ1v) is 7.10. The molecule has 0 radical (unpaired) electrons. The van der Waals surface area contributed by atoms with Crippen LogP contribution in [0.25, 0.3) is 0 Å². The summed E-state index contributed by atoms with van der Waals surface area (Å²) in [6, 6.07) is 8.33. The monoisotopic (exact) mass is 348 g/mol. The molecule has 0 unspecified atom stereocenters. The Morgan fingerprint density at radius 1 is 0.875 bits per heavy atom. The van der Waals surface area contributed by atoms with Gasteiger partial charge in [-0.1, -0.05) is 25.1 Å². The Hall–Kier alpha value is -2.18. The van der Waals surface area contributed by atoms with E-state index in [0.29, 0.717) is 11.8 Å². The van der Waals surface area contributed by atoms with Crippen LogP contribution >= 0.6 is 0 Å². The molecule has 0 aromatic heterocycles. The number of aryl methyl sites for hydroxylation is 1. The van der Waals surface area contributed by atoms with Crippen molar-refractivity contribution >= 4 is 0 Å². The minimum absolute atomic E-state index is 0.112. The molecule has 0 fully saturated rings. The SMILES string of the molecule is CCc1cccc(OCc2ccc(C(F)(F)F)cc2C(F)(F)F)c1. The van der Waals surface area contributed by atoms with Gasteiger partial charge in [-0.2, -0.15) is 26.3 Å². The zero-order chi connectivity index (χ0) is 18.0. The van der Waals surface area contributed by atoms with Gasteiger partial charge >= 0.3 is 12.4 Å². The summed E-state index contributed by atoms with van der Waals surface area (Å²) in [5.41, 5.74) is -2.09. The molecule has 0 spiro atoms. The summed E-state index contributed by atoms with van der Waals surface area (Å²) < 4.78 is 82.3. The van der Waals surface area contributed by atoms with E-state index in [-0.39, 0.29) is 11.6 Å². The predicted octanol–water partition coefficient (Wildman–Crippen LogP) is 5.87. The van der Waals surface area contributed by atoms with E-state index in [1.807, 2.05) is 13.0 Å². The largest absolute Gasteiger partial charge is 0.489 e. The Kier molecular flexibility index (Phi) is 5.11. The second-order valence-corrected chi connectivity index (χ2v) is 5.16. The zero-order valence-electron chi connectivity index (χ0n) is 12.6. The van der Waals surface area contributed by atoms with Crippen molar-refractivity contribution in [2.75, 3.05) is 0 Å². The Balaban J connectivity index is 2.29. The summed E-state index contributed by atoms with van der Waals surface area (Å²) in [7, 11) is 0. The van der Waals surface area contributed by atoms with Crippen molar-refractivity contribution in [2.45, 2.75) is 32.3 Å². The number of ether oxygens (including phenoxy) is 1. The van der Waals surface area contributed by atoms with Crippen molar-refractivity contribution < 1.29 is 31.1 Å². The average molecular weight is 348 g/mol. The molecule has 2 aromatic rings. The van der Waals surface area contributed by atoms with Crippen molar-refractivity contribution in [3.63, 3.8) is 0 Å². The van der Waals surface area contributed by atoms with Gasteiger partial charge in [0.15, 0.2) is 0 Å². The molecule has 0 atom stereocenters. The summed E-state index contributed by atoms with van der Waals surface area (Å²) >= 11 is 0. The van der Waals surface area contributed by atoms with Crippen molar-refractivity contribution in [3.05, 3.63) is 64.7 Å². The van der Waals surface area contributed by atoms with Gasteiger partial charge in [0, 0.05) is 5.56 Å². The fraction of sp³-hybridized carbons (Fsp3) is 0.294. The van der Waals surface area contributed by atoms with Gasteiger partial charge in [-0.3, -0.25) is 0 Å². The van der Waals surface area contributed by atoms with E-state index in [2.05, 4.69) is 0 Å². The lowest BCUT2D eigenvalue weighted by Crippen LogP contribution is -2.14. The third-order valence-electron chi connectivity index (χ3n) is 3.44. The minimum Gasteiger partial charge on any atom is -0.489 e. The van der Waals surface area contributed by atoms with Crippen molar-refractivity contribution in [1.82, 2.24) is 0 Å². The highest BCUT2D eigenvalue weighted by atomic mass is 19.4. The van der Waals surface area contributed by atoms with Crippen LogP contribution in [0.1, 0.15) is 29.2 Å². The van der Waals surface area contributed by atoms with E-state index < -0.39 is 30.1 Å². The molecule has 0 amide bonds. The third-order valence-corrected chi connectivity index (χ3v) is 3.44. The van der Waals surface area contributed by atoms with Gasteiger partial charge in [-0.25, -0.2) is 0 Å². The van der Waals surface area contributed by atoms with Crippen LogP contribution in [0.5, 0.6) is 5.75 Å². The fourth-order valence-corrected chi connectivity index (χ4v) is 2.16. The van der Waals surface area contributed by atoms with Crippen LogP contribution in [0.4, 0.5) is 26.3 Å². The van der Waals surface area contributed by atoms with E-state index >= 15 is 0 Å². The number of rotatable bonds is 4. The first-order chi connectivity index (χ1) is 11.1. The number of alkyl halides is 6. The van der Waals surface area contributed by atoms with E-state index in [0.717, 1.165) is 18.1 Å². The molecule has 0 saturated heterocycles. The second-order valence-electron chi connectivity index (χ2n) is 5.16. The van der Waals surface area contributed by atoms with Gasteiger partial charge in [-0.15, -0.1) is 0 Å².